The van der Waals surface area contributed by atoms with Crippen molar-refractivity contribution in [1.82, 2.24) is 4.98 Å². The van der Waals surface area contributed by atoms with E-state index in [2.05, 4.69) is 10.3 Å². The summed E-state index contributed by atoms with van der Waals surface area (Å²) in [6.07, 6.45) is -4.17. The minimum absolute atomic E-state index is 0.160. The monoisotopic (exact) mass is 707 g/mol. The molecule has 14 heteroatoms. The first-order chi connectivity index (χ1) is 23.5. The molecule has 1 aromatic heterocycles. The molecular weight excluding hydrogens is 680 g/mol. The molecule has 7 atom stereocenters. The lowest BCUT2D eigenvalue weighted by Gasteiger charge is -2.43. The van der Waals surface area contributed by atoms with Crippen molar-refractivity contribution < 1.29 is 37.0 Å². The number of H-pyrrole nitrogens is 1. The Kier molecular flexibility index (Phi) is 7.63. The number of ether oxygens (including phenoxy) is 2. The first-order valence-corrected chi connectivity index (χ1v) is 17.3. The Morgan fingerprint density at radius 3 is 2.41 bits per heavy atom. The third kappa shape index (κ3) is 5.14. The Balaban J connectivity index is 1.11. The Labute approximate surface area is 285 Å². The van der Waals surface area contributed by atoms with E-state index in [9.17, 15) is 32.3 Å². The van der Waals surface area contributed by atoms with E-state index in [1.165, 1.54) is 37.1 Å². The lowest BCUT2D eigenvalue weighted by molar-refractivity contribution is -0.137. The number of amides is 3. The number of hydrogen-bond donors (Lipinski definition) is 2. The number of aromatic nitrogens is 1. The lowest BCUT2D eigenvalue weighted by Crippen LogP contribution is -2.42. The van der Waals surface area contributed by atoms with E-state index in [1.807, 2.05) is 12.1 Å². The van der Waals surface area contributed by atoms with Crippen molar-refractivity contribution in [3.63, 3.8) is 0 Å². The molecule has 3 heterocycles. The first kappa shape index (κ1) is 31.7. The summed E-state index contributed by atoms with van der Waals surface area (Å²) in [5.41, 5.74) is -0.0369. The lowest BCUT2D eigenvalue weighted by atomic mass is 9.68. The molecule has 0 radical (unpaired) electrons. The number of nitrogens with one attached hydrogen (secondary N) is 2. The molecule has 2 aliphatic carbocycles. The Bertz CT molecular complexity index is 2050. The van der Waals surface area contributed by atoms with Gasteiger partial charge in [0.15, 0.2) is 18.1 Å². The second kappa shape index (κ2) is 11.8. The van der Waals surface area contributed by atoms with Crippen molar-refractivity contribution in [2.75, 3.05) is 23.9 Å². The number of methoxy groups -OCH3 is 1. The Morgan fingerprint density at radius 1 is 0.959 bits per heavy atom. The molecule has 2 N–H and O–H groups in total. The maximum atomic E-state index is 14.0. The summed E-state index contributed by atoms with van der Waals surface area (Å²) in [5, 5.41) is 3.30. The number of para-hydroxylation sites is 2. The summed E-state index contributed by atoms with van der Waals surface area (Å²) < 4.78 is 53.5. The Morgan fingerprint density at radius 2 is 1.67 bits per heavy atom. The highest BCUT2D eigenvalue weighted by Crippen LogP contribution is 2.69. The maximum Gasteiger partial charge on any atom is 0.418 e. The van der Waals surface area contributed by atoms with Gasteiger partial charge in [-0.15, -0.1) is 11.8 Å². The van der Waals surface area contributed by atoms with Crippen molar-refractivity contribution in [3.8, 4) is 11.5 Å². The second-order valence-electron chi connectivity index (χ2n) is 12.6. The van der Waals surface area contributed by atoms with Crippen molar-refractivity contribution in [3.05, 3.63) is 98.5 Å². The van der Waals surface area contributed by atoms with Gasteiger partial charge in [-0.05, 0) is 66.1 Å². The zero-order valence-corrected chi connectivity index (χ0v) is 27.4. The molecule has 252 valence electrons. The third-order valence-electron chi connectivity index (χ3n) is 10.1. The quantitative estimate of drug-likeness (QED) is 0.221. The van der Waals surface area contributed by atoms with E-state index in [1.54, 1.807) is 36.4 Å². The smallest absolute Gasteiger partial charge is 0.418 e. The van der Waals surface area contributed by atoms with Crippen molar-refractivity contribution in [1.29, 1.82) is 0 Å². The fraction of sp³-hybridized carbons (Fsp3) is 0.314. The summed E-state index contributed by atoms with van der Waals surface area (Å²) in [4.78, 5) is 57.4. The molecule has 0 spiro atoms. The number of benzene rings is 3. The summed E-state index contributed by atoms with van der Waals surface area (Å²) in [7, 11) is 1.48. The molecule has 3 amide bonds. The second-order valence-corrected chi connectivity index (χ2v) is 14.8. The van der Waals surface area contributed by atoms with Crippen LogP contribution >= 0.6 is 23.1 Å². The molecule has 2 aliphatic heterocycles. The highest BCUT2D eigenvalue weighted by Gasteiger charge is 2.70. The van der Waals surface area contributed by atoms with Gasteiger partial charge in [-0.1, -0.05) is 47.7 Å². The van der Waals surface area contributed by atoms with E-state index in [0.29, 0.717) is 28.6 Å². The van der Waals surface area contributed by atoms with Gasteiger partial charge in [-0.2, -0.15) is 13.2 Å². The number of aromatic amines is 1. The van der Waals surface area contributed by atoms with Crippen LogP contribution in [-0.2, 0) is 20.6 Å². The molecule has 4 aromatic rings. The van der Waals surface area contributed by atoms with Crippen molar-refractivity contribution >= 4 is 52.2 Å². The van der Waals surface area contributed by atoms with Gasteiger partial charge >= 0.3 is 11.0 Å². The van der Waals surface area contributed by atoms with Gasteiger partial charge in [0.25, 0.3) is 5.91 Å². The molecule has 8 rings (SSSR count). The highest BCUT2D eigenvalue weighted by molar-refractivity contribution is 8.00. The molecule has 3 aromatic carbocycles. The normalized spacial score (nSPS) is 26.7. The van der Waals surface area contributed by atoms with E-state index in [0.717, 1.165) is 32.7 Å². The molecular formula is C35H28F3N3O6S2. The van der Waals surface area contributed by atoms with Gasteiger partial charge in [0.2, 0.25) is 11.8 Å². The van der Waals surface area contributed by atoms with Gasteiger partial charge in [-0.25, -0.2) is 4.90 Å². The number of thioether (sulfide) groups is 1. The number of anilines is 2. The van der Waals surface area contributed by atoms with Gasteiger partial charge in [-0.3, -0.25) is 19.2 Å². The van der Waals surface area contributed by atoms with Crippen LogP contribution in [0.5, 0.6) is 11.5 Å². The number of nitrogens with zero attached hydrogens (tertiary/aromatic N) is 1. The molecule has 49 heavy (non-hydrogen) atoms. The van der Waals surface area contributed by atoms with Crippen LogP contribution < -0.4 is 24.6 Å². The third-order valence-corrected chi connectivity index (χ3v) is 12.7. The fourth-order valence-electron chi connectivity index (χ4n) is 8.39. The van der Waals surface area contributed by atoms with Crippen molar-refractivity contribution in [2.45, 2.75) is 28.8 Å². The summed E-state index contributed by atoms with van der Waals surface area (Å²) >= 11 is 2.57. The average molecular weight is 708 g/mol. The topological polar surface area (TPSA) is 118 Å². The standard InChI is InChI=1S/C35H28F3N3O6S2/c1-46-23-13-16(11-12-22(23)47-15-24(42)39-17-7-3-2-4-8-17)25-26-18-14-19(29(26)48-31-30(25)49-34(45)40-31)28-27(18)32(43)41(33(28)44)21-10-6-5-9-20(21)35(36,37)38/h2-13,18-19,25-29H,14-15H2,1H3,(H,39,42)(H,40,45)/t18-,19-,25+,26-,27+,28+,29-/m1/s1. The Hall–Kier alpha value is -4.56. The van der Waals surface area contributed by atoms with Crippen LogP contribution in [0.2, 0.25) is 0 Å². The first-order valence-electron chi connectivity index (χ1n) is 15.6. The number of carbonyl (C=O) groups excluding carboxylic acids is 3. The largest absolute Gasteiger partial charge is 0.493 e. The number of halogens is 3. The van der Waals surface area contributed by atoms with E-state index in [4.69, 9.17) is 9.47 Å². The number of rotatable bonds is 7. The van der Waals surface area contributed by atoms with Crippen LogP contribution in [0.15, 0.2) is 82.6 Å². The predicted octanol–water partition coefficient (Wildman–Crippen LogP) is 6.16. The molecule has 3 fully saturated rings. The minimum Gasteiger partial charge on any atom is -0.493 e. The number of alkyl halides is 3. The molecule has 2 bridgehead atoms. The maximum absolute atomic E-state index is 14.0. The van der Waals surface area contributed by atoms with Crippen LogP contribution in [0.1, 0.15) is 28.3 Å². The molecule has 2 saturated carbocycles. The summed E-state index contributed by atoms with van der Waals surface area (Å²) in [6.45, 7) is -0.268. The van der Waals surface area contributed by atoms with Crippen LogP contribution in [-0.4, -0.2) is 41.7 Å². The van der Waals surface area contributed by atoms with Gasteiger partial charge in [0, 0.05) is 21.7 Å². The molecule has 9 nitrogen and oxygen atoms in total. The van der Waals surface area contributed by atoms with Gasteiger partial charge in [0.1, 0.15) is 0 Å². The number of fused-ring (bicyclic) bond motifs is 9. The molecule has 4 aliphatic rings. The summed E-state index contributed by atoms with van der Waals surface area (Å²) in [6, 6.07) is 19.0. The van der Waals surface area contributed by atoms with Crippen LogP contribution in [0.4, 0.5) is 24.5 Å². The average Bonchev–Trinajstić information content (AvgIpc) is 3.82. The van der Waals surface area contributed by atoms with Gasteiger partial charge < -0.3 is 19.8 Å². The van der Waals surface area contributed by atoms with Gasteiger partial charge in [0.05, 0.1) is 35.2 Å². The van der Waals surface area contributed by atoms with Crippen LogP contribution in [0.25, 0.3) is 0 Å². The van der Waals surface area contributed by atoms with Crippen molar-refractivity contribution in [2.24, 2.45) is 29.6 Å². The SMILES string of the molecule is COc1cc([C@@H]2c3sc(=O)[nH]c3S[C@@H]3[C@@H]4C[C@@H]([C@@H]5C(=O)N(c6ccccc6C(F)(F)F)C(=O)[C@@H]45)[C@H]23)ccc1OCC(=O)Nc1ccccc1. The number of thiazole rings is 1. The number of hydrogen-bond acceptors (Lipinski definition) is 8. The molecule has 1 saturated heterocycles. The van der Waals surface area contributed by atoms with E-state index >= 15 is 0 Å². The summed E-state index contributed by atoms with van der Waals surface area (Å²) in [5.74, 6) is -3.48. The van der Waals surface area contributed by atoms with Crippen LogP contribution in [0, 0.1) is 29.6 Å². The fourth-order valence-corrected chi connectivity index (χ4v) is 11.3. The van der Waals surface area contributed by atoms with E-state index in [-0.39, 0.29) is 46.3 Å². The number of imide groups is 1. The zero-order valence-electron chi connectivity index (χ0n) is 25.7. The number of carbonyl (C=O) groups is 3. The highest BCUT2D eigenvalue weighted by atomic mass is 32.2. The minimum atomic E-state index is -4.75. The van der Waals surface area contributed by atoms with Crippen LogP contribution in [0.3, 0.4) is 0 Å². The molecule has 0 unspecified atom stereocenters. The van der Waals surface area contributed by atoms with E-state index < -0.39 is 41.1 Å². The predicted molar refractivity (Wildman–Crippen MR) is 176 cm³/mol. The zero-order chi connectivity index (χ0) is 34.2.